The van der Waals surface area contributed by atoms with E-state index in [1.165, 1.54) is 0 Å². The Hall–Kier alpha value is -2.30. The molecule has 2 rings (SSSR count). The number of rotatable bonds is 5. The van der Waals surface area contributed by atoms with E-state index in [0.29, 0.717) is 5.56 Å². The lowest BCUT2D eigenvalue weighted by molar-refractivity contribution is 0.318. The van der Waals surface area contributed by atoms with Gasteiger partial charge >= 0.3 is 0 Å². The van der Waals surface area contributed by atoms with Gasteiger partial charge in [-0.15, -0.1) is 0 Å². The summed E-state index contributed by atoms with van der Waals surface area (Å²) in [6.07, 6.45) is 2.70. The van der Waals surface area contributed by atoms with Crippen molar-refractivity contribution in [3.63, 3.8) is 0 Å². The van der Waals surface area contributed by atoms with Crippen molar-refractivity contribution < 1.29 is 5.21 Å². The van der Waals surface area contributed by atoms with Crippen LogP contribution in [0.5, 0.6) is 0 Å². The third-order valence-electron chi connectivity index (χ3n) is 3.32. The molecule has 1 aromatic carbocycles. The van der Waals surface area contributed by atoms with Gasteiger partial charge in [-0.05, 0) is 19.4 Å². The van der Waals surface area contributed by atoms with Crippen LogP contribution in [-0.2, 0) is 0 Å². The van der Waals surface area contributed by atoms with Gasteiger partial charge in [0.05, 0.1) is 16.8 Å². The molecule has 0 aliphatic rings. The average molecular weight is 272 g/mol. The second kappa shape index (κ2) is 6.23. The number of hydrogen-bond donors (Lipinski definition) is 2. The summed E-state index contributed by atoms with van der Waals surface area (Å²) in [6, 6.07) is 7.92. The molecule has 3 N–H and O–H groups in total. The summed E-state index contributed by atoms with van der Waals surface area (Å²) in [5.74, 6) is 0.0906. The second-order valence-electron chi connectivity index (χ2n) is 4.60. The monoisotopic (exact) mass is 272 g/mol. The fourth-order valence-corrected chi connectivity index (χ4v) is 2.41. The highest BCUT2D eigenvalue weighted by Gasteiger charge is 2.16. The minimum atomic E-state index is 0.0906. The van der Waals surface area contributed by atoms with E-state index in [0.717, 1.165) is 36.1 Å². The first-order chi connectivity index (χ1) is 9.72. The van der Waals surface area contributed by atoms with Gasteiger partial charge in [-0.1, -0.05) is 30.3 Å². The number of nitrogens with zero attached hydrogens (tertiary/aromatic N) is 3. The zero-order valence-electron chi connectivity index (χ0n) is 11.9. The molecule has 0 atom stereocenters. The highest BCUT2D eigenvalue weighted by Crippen LogP contribution is 2.29. The van der Waals surface area contributed by atoms with E-state index in [1.807, 2.05) is 24.3 Å². The molecule has 5 nitrogen and oxygen atoms in total. The number of anilines is 1. The zero-order chi connectivity index (χ0) is 14.5. The molecule has 1 heterocycles. The molecule has 0 aliphatic heterocycles. The molecule has 0 spiro atoms. The van der Waals surface area contributed by atoms with Crippen molar-refractivity contribution in [1.82, 2.24) is 4.98 Å². The van der Waals surface area contributed by atoms with Crippen molar-refractivity contribution in [2.45, 2.75) is 20.3 Å². The molecule has 0 fully saturated rings. The Morgan fingerprint density at radius 2 is 2.10 bits per heavy atom. The van der Waals surface area contributed by atoms with Crippen LogP contribution in [0, 0.1) is 0 Å². The quantitative estimate of drug-likeness (QED) is 0.379. The summed E-state index contributed by atoms with van der Waals surface area (Å²) < 4.78 is 0. The number of fused-ring (bicyclic) bond motifs is 1. The van der Waals surface area contributed by atoms with E-state index in [2.05, 4.69) is 28.9 Å². The average Bonchev–Trinajstić information content (AvgIpc) is 2.51. The van der Waals surface area contributed by atoms with Crippen LogP contribution in [0.15, 0.2) is 35.6 Å². The van der Waals surface area contributed by atoms with Crippen LogP contribution in [0.1, 0.15) is 25.8 Å². The number of hydrogen-bond acceptors (Lipinski definition) is 4. The fraction of sp³-hybridized carbons (Fsp3) is 0.333. The number of nitrogens with two attached hydrogens (primary N) is 1. The maximum Gasteiger partial charge on any atom is 0.173 e. The van der Waals surface area contributed by atoms with Crippen molar-refractivity contribution in [2.75, 3.05) is 18.0 Å². The van der Waals surface area contributed by atoms with E-state index in [9.17, 15) is 0 Å². The van der Waals surface area contributed by atoms with Gasteiger partial charge in [0.25, 0.3) is 0 Å². The number of amidine groups is 1. The van der Waals surface area contributed by atoms with E-state index < -0.39 is 0 Å². The molecule has 1 aromatic heterocycles. The predicted molar refractivity (Wildman–Crippen MR) is 82.4 cm³/mol. The Kier molecular flexibility index (Phi) is 4.40. The van der Waals surface area contributed by atoms with Gasteiger partial charge in [-0.2, -0.15) is 0 Å². The zero-order valence-corrected chi connectivity index (χ0v) is 11.9. The Bertz CT molecular complexity index is 624. The first-order valence-electron chi connectivity index (χ1n) is 6.83. The molecule has 20 heavy (non-hydrogen) atoms. The number of pyridine rings is 1. The van der Waals surface area contributed by atoms with Crippen molar-refractivity contribution >= 4 is 22.4 Å². The molecule has 2 aromatic rings. The Labute approximate surface area is 118 Å². The number of benzene rings is 1. The first kappa shape index (κ1) is 14.1. The van der Waals surface area contributed by atoms with Gasteiger partial charge in [0, 0.05) is 24.7 Å². The first-order valence-corrected chi connectivity index (χ1v) is 6.83. The molecule has 0 bridgehead atoms. The summed E-state index contributed by atoms with van der Waals surface area (Å²) in [7, 11) is 0. The van der Waals surface area contributed by atoms with Crippen LogP contribution < -0.4 is 10.6 Å². The molecular weight excluding hydrogens is 252 g/mol. The van der Waals surface area contributed by atoms with Crippen LogP contribution in [-0.4, -0.2) is 29.1 Å². The standard InChI is InChI=1S/C15H20N4O/c1-3-9-19(4-2)14-11-7-5-6-8-13(11)17-10-12(14)15(16)18-20/h5-8,10,20H,3-4,9H2,1-2H3,(H2,16,18). The number of oxime groups is 1. The third kappa shape index (κ3) is 2.52. The van der Waals surface area contributed by atoms with E-state index >= 15 is 0 Å². The van der Waals surface area contributed by atoms with Gasteiger partial charge in [-0.3, -0.25) is 4.98 Å². The predicted octanol–water partition coefficient (Wildman–Crippen LogP) is 2.57. The molecule has 5 heteroatoms. The second-order valence-corrected chi connectivity index (χ2v) is 4.60. The van der Waals surface area contributed by atoms with Crippen molar-refractivity contribution in [1.29, 1.82) is 0 Å². The van der Waals surface area contributed by atoms with Crippen LogP contribution >= 0.6 is 0 Å². The van der Waals surface area contributed by atoms with Gasteiger partial charge in [0.2, 0.25) is 0 Å². The van der Waals surface area contributed by atoms with Gasteiger partial charge in [-0.25, -0.2) is 0 Å². The molecular formula is C15H20N4O. The van der Waals surface area contributed by atoms with Crippen molar-refractivity contribution in [3.8, 4) is 0 Å². The topological polar surface area (TPSA) is 74.7 Å². The molecule has 0 aliphatic carbocycles. The van der Waals surface area contributed by atoms with E-state index in [-0.39, 0.29) is 5.84 Å². The molecule has 106 valence electrons. The summed E-state index contributed by atoms with van der Waals surface area (Å²) in [6.45, 7) is 6.00. The Balaban J connectivity index is 2.73. The molecule has 0 amide bonds. The maximum absolute atomic E-state index is 8.99. The van der Waals surface area contributed by atoms with Crippen molar-refractivity contribution in [3.05, 3.63) is 36.0 Å². The lowest BCUT2D eigenvalue weighted by atomic mass is 10.1. The molecule has 0 saturated carbocycles. The maximum atomic E-state index is 8.99. The van der Waals surface area contributed by atoms with Crippen molar-refractivity contribution in [2.24, 2.45) is 10.9 Å². The third-order valence-corrected chi connectivity index (χ3v) is 3.32. The summed E-state index contributed by atoms with van der Waals surface area (Å²) in [5, 5.41) is 13.1. The molecule has 0 radical (unpaired) electrons. The summed E-state index contributed by atoms with van der Waals surface area (Å²) >= 11 is 0. The SMILES string of the molecule is CCCN(CC)c1c(/C(N)=N/O)cnc2ccccc12. The van der Waals surface area contributed by atoms with Crippen LogP contribution in [0.25, 0.3) is 10.9 Å². The lowest BCUT2D eigenvalue weighted by Crippen LogP contribution is -2.27. The summed E-state index contributed by atoms with van der Waals surface area (Å²) in [5.41, 5.74) is 8.37. The normalized spacial score (nSPS) is 11.8. The minimum absolute atomic E-state index is 0.0906. The Morgan fingerprint density at radius 3 is 2.75 bits per heavy atom. The van der Waals surface area contributed by atoms with Crippen LogP contribution in [0.4, 0.5) is 5.69 Å². The van der Waals surface area contributed by atoms with E-state index in [1.54, 1.807) is 6.20 Å². The Morgan fingerprint density at radius 1 is 1.35 bits per heavy atom. The number of aromatic nitrogens is 1. The number of para-hydroxylation sites is 1. The van der Waals surface area contributed by atoms with Gasteiger partial charge in [0.1, 0.15) is 0 Å². The smallest absolute Gasteiger partial charge is 0.173 e. The summed E-state index contributed by atoms with van der Waals surface area (Å²) in [4.78, 5) is 6.62. The van der Waals surface area contributed by atoms with Gasteiger partial charge < -0.3 is 15.8 Å². The fourth-order valence-electron chi connectivity index (χ4n) is 2.41. The molecule has 0 saturated heterocycles. The lowest BCUT2D eigenvalue weighted by Gasteiger charge is -2.26. The van der Waals surface area contributed by atoms with E-state index in [4.69, 9.17) is 10.9 Å². The highest BCUT2D eigenvalue weighted by molar-refractivity contribution is 6.08. The van der Waals surface area contributed by atoms with Gasteiger partial charge in [0.15, 0.2) is 5.84 Å². The minimum Gasteiger partial charge on any atom is -0.409 e. The molecule has 0 unspecified atom stereocenters. The highest BCUT2D eigenvalue weighted by atomic mass is 16.4. The van der Waals surface area contributed by atoms with Crippen LogP contribution in [0.2, 0.25) is 0 Å². The largest absolute Gasteiger partial charge is 0.409 e. The van der Waals surface area contributed by atoms with Crippen LogP contribution in [0.3, 0.4) is 0 Å².